The minimum Gasteiger partial charge on any atom is -0.495 e. The Labute approximate surface area is 195 Å². The third kappa shape index (κ3) is 4.23. The van der Waals surface area contributed by atoms with E-state index in [1.54, 1.807) is 37.6 Å². The number of rotatable bonds is 7. The fraction of sp³-hybridized carbons (Fsp3) is 0.111. The molecule has 1 amide bonds. The van der Waals surface area contributed by atoms with E-state index in [0.29, 0.717) is 45.9 Å². The standard InChI is InChI=1S/C27H22N2O5/c1-17-22(29-27(34-17)24-12-7-13-32-24)16-33-25-15-19-9-4-3-8-18(19)14-20(25)26(30)28-21-10-5-6-11-23(21)31-2/h3-15H,16H2,1-2H3,(H,28,30). The Morgan fingerprint density at radius 1 is 0.971 bits per heavy atom. The van der Waals surface area contributed by atoms with Crippen LogP contribution in [0.4, 0.5) is 5.69 Å². The summed E-state index contributed by atoms with van der Waals surface area (Å²) in [5.74, 6) is 2.24. The Bertz CT molecular complexity index is 1450. The van der Waals surface area contributed by atoms with Gasteiger partial charge >= 0.3 is 0 Å². The monoisotopic (exact) mass is 454 g/mol. The van der Waals surface area contributed by atoms with Crippen LogP contribution in [0.25, 0.3) is 22.4 Å². The van der Waals surface area contributed by atoms with Crippen molar-refractivity contribution in [2.45, 2.75) is 13.5 Å². The van der Waals surface area contributed by atoms with Crippen molar-refractivity contribution in [1.82, 2.24) is 4.98 Å². The first kappa shape index (κ1) is 21.3. The lowest BCUT2D eigenvalue weighted by Gasteiger charge is -2.14. The van der Waals surface area contributed by atoms with E-state index in [9.17, 15) is 4.79 Å². The van der Waals surface area contributed by atoms with Gasteiger partial charge in [0.05, 0.1) is 24.6 Å². The second-order valence-electron chi connectivity index (χ2n) is 7.64. The lowest BCUT2D eigenvalue weighted by molar-refractivity contribution is 0.102. The van der Waals surface area contributed by atoms with Crippen LogP contribution in [0.15, 0.2) is 87.9 Å². The van der Waals surface area contributed by atoms with E-state index in [1.165, 1.54) is 0 Å². The van der Waals surface area contributed by atoms with E-state index in [-0.39, 0.29) is 12.5 Å². The Balaban J connectivity index is 1.45. The third-order valence-corrected chi connectivity index (χ3v) is 5.44. The Morgan fingerprint density at radius 3 is 2.50 bits per heavy atom. The van der Waals surface area contributed by atoms with Crippen LogP contribution < -0.4 is 14.8 Å². The quantitative estimate of drug-likeness (QED) is 0.313. The molecule has 5 rings (SSSR count). The molecule has 2 aromatic heterocycles. The van der Waals surface area contributed by atoms with Crippen LogP contribution in [-0.4, -0.2) is 18.0 Å². The zero-order chi connectivity index (χ0) is 23.5. The van der Waals surface area contributed by atoms with Crippen LogP contribution in [-0.2, 0) is 6.61 Å². The van der Waals surface area contributed by atoms with E-state index < -0.39 is 0 Å². The van der Waals surface area contributed by atoms with E-state index in [0.717, 1.165) is 10.8 Å². The highest BCUT2D eigenvalue weighted by Gasteiger charge is 2.19. The number of para-hydroxylation sites is 2. The van der Waals surface area contributed by atoms with Gasteiger partial charge in [0, 0.05) is 0 Å². The van der Waals surface area contributed by atoms with E-state index in [1.807, 2.05) is 55.5 Å². The molecule has 3 aromatic carbocycles. The summed E-state index contributed by atoms with van der Waals surface area (Å²) < 4.78 is 22.6. The average Bonchev–Trinajstić information content (AvgIpc) is 3.52. The predicted molar refractivity (Wildman–Crippen MR) is 128 cm³/mol. The second kappa shape index (κ2) is 9.15. The van der Waals surface area contributed by atoms with Crippen molar-refractivity contribution in [2.75, 3.05) is 12.4 Å². The number of furan rings is 1. The van der Waals surface area contributed by atoms with Crippen LogP contribution in [0.2, 0.25) is 0 Å². The molecule has 7 heteroatoms. The highest BCUT2D eigenvalue weighted by molar-refractivity contribution is 6.09. The van der Waals surface area contributed by atoms with Crippen molar-refractivity contribution in [2.24, 2.45) is 0 Å². The predicted octanol–water partition coefficient (Wildman–Crippen LogP) is 6.24. The number of carbonyl (C=O) groups excluding carboxylic acids is 1. The van der Waals surface area contributed by atoms with Crippen molar-refractivity contribution in [3.63, 3.8) is 0 Å². The largest absolute Gasteiger partial charge is 0.495 e. The molecule has 5 aromatic rings. The van der Waals surface area contributed by atoms with Crippen LogP contribution in [0.3, 0.4) is 0 Å². The number of anilines is 1. The van der Waals surface area contributed by atoms with E-state index >= 15 is 0 Å². The fourth-order valence-electron chi connectivity index (χ4n) is 3.67. The number of hydrogen-bond acceptors (Lipinski definition) is 6. The number of oxazole rings is 1. The molecule has 2 heterocycles. The average molecular weight is 454 g/mol. The van der Waals surface area contributed by atoms with E-state index in [2.05, 4.69) is 10.3 Å². The second-order valence-corrected chi connectivity index (χ2v) is 7.64. The molecule has 0 fully saturated rings. The zero-order valence-corrected chi connectivity index (χ0v) is 18.7. The smallest absolute Gasteiger partial charge is 0.263 e. The normalized spacial score (nSPS) is 10.9. The number of methoxy groups -OCH3 is 1. The highest BCUT2D eigenvalue weighted by Crippen LogP contribution is 2.30. The zero-order valence-electron chi connectivity index (χ0n) is 18.7. The number of nitrogens with one attached hydrogen (secondary N) is 1. The van der Waals surface area contributed by atoms with Gasteiger partial charge in [-0.2, -0.15) is 0 Å². The molecule has 0 bridgehead atoms. The minimum absolute atomic E-state index is 0.128. The molecule has 0 saturated heterocycles. The Kier molecular flexibility index (Phi) is 5.74. The number of benzene rings is 3. The molecule has 0 unspecified atom stereocenters. The first-order valence-electron chi connectivity index (χ1n) is 10.7. The number of ether oxygens (including phenoxy) is 2. The number of amides is 1. The van der Waals surface area contributed by atoms with Crippen LogP contribution in [0.5, 0.6) is 11.5 Å². The molecule has 0 saturated carbocycles. The Morgan fingerprint density at radius 2 is 1.74 bits per heavy atom. The summed E-state index contributed by atoms with van der Waals surface area (Å²) in [6.45, 7) is 1.94. The summed E-state index contributed by atoms with van der Waals surface area (Å²) in [6.07, 6.45) is 1.56. The number of hydrogen-bond donors (Lipinski definition) is 1. The van der Waals surface area contributed by atoms with Gasteiger partial charge in [-0.15, -0.1) is 0 Å². The number of nitrogens with zero attached hydrogens (tertiary/aromatic N) is 1. The maximum atomic E-state index is 13.3. The Hall–Kier alpha value is -4.52. The summed E-state index contributed by atoms with van der Waals surface area (Å²) >= 11 is 0. The summed E-state index contributed by atoms with van der Waals surface area (Å²) in [5.41, 5.74) is 1.59. The van der Waals surface area contributed by atoms with Gasteiger partial charge in [-0.3, -0.25) is 4.79 Å². The third-order valence-electron chi connectivity index (χ3n) is 5.44. The first-order chi connectivity index (χ1) is 16.6. The maximum Gasteiger partial charge on any atom is 0.263 e. The molecule has 34 heavy (non-hydrogen) atoms. The summed E-state index contributed by atoms with van der Waals surface area (Å²) in [4.78, 5) is 17.8. The highest BCUT2D eigenvalue weighted by atomic mass is 16.5. The summed E-state index contributed by atoms with van der Waals surface area (Å²) in [5, 5.41) is 4.81. The number of fused-ring (bicyclic) bond motifs is 1. The SMILES string of the molecule is COc1ccccc1NC(=O)c1cc2ccccc2cc1OCc1nc(-c2ccco2)oc1C. The molecule has 7 nitrogen and oxygen atoms in total. The fourth-order valence-corrected chi connectivity index (χ4v) is 3.67. The number of carbonyl (C=O) groups is 1. The molecule has 1 N–H and O–H groups in total. The van der Waals surface area contributed by atoms with Crippen LogP contribution in [0, 0.1) is 6.92 Å². The summed E-state index contributed by atoms with van der Waals surface area (Å²) in [6, 6.07) is 22.3. The van der Waals surface area contributed by atoms with Crippen molar-refractivity contribution >= 4 is 22.4 Å². The molecule has 0 spiro atoms. The lowest BCUT2D eigenvalue weighted by atomic mass is 10.0. The molecule has 0 atom stereocenters. The van der Waals surface area contributed by atoms with Crippen molar-refractivity contribution < 1.29 is 23.1 Å². The minimum atomic E-state index is -0.307. The molecule has 0 aliphatic rings. The summed E-state index contributed by atoms with van der Waals surface area (Å²) in [7, 11) is 1.56. The van der Waals surface area contributed by atoms with Crippen molar-refractivity contribution in [3.8, 4) is 23.1 Å². The molecular weight excluding hydrogens is 432 g/mol. The van der Waals surface area contributed by atoms with Crippen LogP contribution >= 0.6 is 0 Å². The van der Waals surface area contributed by atoms with Crippen LogP contribution in [0.1, 0.15) is 21.8 Å². The van der Waals surface area contributed by atoms with Crippen molar-refractivity contribution in [3.05, 3.63) is 96.1 Å². The van der Waals surface area contributed by atoms with Gasteiger partial charge < -0.3 is 23.6 Å². The molecular formula is C27H22N2O5. The molecule has 0 aliphatic carbocycles. The lowest BCUT2D eigenvalue weighted by Crippen LogP contribution is -2.14. The van der Waals surface area contributed by atoms with Gasteiger partial charge in [0.2, 0.25) is 0 Å². The first-order valence-corrected chi connectivity index (χ1v) is 10.7. The van der Waals surface area contributed by atoms with Gasteiger partial charge in [-0.1, -0.05) is 36.4 Å². The van der Waals surface area contributed by atoms with Crippen molar-refractivity contribution in [1.29, 1.82) is 0 Å². The van der Waals surface area contributed by atoms with E-state index in [4.69, 9.17) is 18.3 Å². The maximum absolute atomic E-state index is 13.3. The van der Waals surface area contributed by atoms with Gasteiger partial charge in [0.15, 0.2) is 5.76 Å². The number of aromatic nitrogens is 1. The van der Waals surface area contributed by atoms with Gasteiger partial charge in [0.25, 0.3) is 11.8 Å². The topological polar surface area (TPSA) is 86.7 Å². The molecule has 0 aliphatic heterocycles. The van der Waals surface area contributed by atoms with Gasteiger partial charge in [-0.05, 0) is 54.1 Å². The van der Waals surface area contributed by atoms with Gasteiger partial charge in [-0.25, -0.2) is 4.98 Å². The molecule has 170 valence electrons. The van der Waals surface area contributed by atoms with Gasteiger partial charge in [0.1, 0.15) is 29.6 Å². The molecule has 0 radical (unpaired) electrons. The number of aryl methyl sites for hydroxylation is 1.